The minimum Gasteiger partial charge on any atom is -0.348 e. The Morgan fingerprint density at radius 1 is 1.18 bits per heavy atom. The summed E-state index contributed by atoms with van der Waals surface area (Å²) in [5.41, 5.74) is 3.07. The number of amides is 1. The van der Waals surface area contributed by atoms with Crippen molar-refractivity contribution in [2.24, 2.45) is 0 Å². The summed E-state index contributed by atoms with van der Waals surface area (Å²) in [5, 5.41) is 4.06. The number of aryl methyl sites for hydroxylation is 1. The number of thiazole rings is 1. The number of nitrogens with one attached hydrogen (secondary N) is 1. The minimum atomic E-state index is -0.00773. The van der Waals surface area contributed by atoms with Crippen molar-refractivity contribution in [3.05, 3.63) is 71.0 Å². The first kappa shape index (κ1) is 18.8. The summed E-state index contributed by atoms with van der Waals surface area (Å²) in [6, 6.07) is 14.6. The third-order valence-electron chi connectivity index (χ3n) is 5.08. The van der Waals surface area contributed by atoms with Crippen LogP contribution in [0.5, 0.6) is 0 Å². The molecule has 0 aliphatic carbocycles. The number of carbonyl (C=O) groups is 1. The van der Waals surface area contributed by atoms with Crippen LogP contribution in [0.4, 0.5) is 0 Å². The molecule has 1 saturated heterocycles. The number of rotatable bonds is 5. The zero-order chi connectivity index (χ0) is 19.3. The van der Waals surface area contributed by atoms with Gasteiger partial charge in [0.25, 0.3) is 5.91 Å². The summed E-state index contributed by atoms with van der Waals surface area (Å²) in [6.45, 7) is 4.88. The molecule has 0 spiro atoms. The molecule has 2 aromatic heterocycles. The molecule has 28 heavy (non-hydrogen) atoms. The number of nitrogens with zero attached hydrogens (tertiary/aromatic N) is 3. The summed E-state index contributed by atoms with van der Waals surface area (Å²) >= 11 is 1.44. The lowest BCUT2D eigenvalue weighted by Gasteiger charge is -2.32. The van der Waals surface area contributed by atoms with Crippen LogP contribution in [0, 0.1) is 6.92 Å². The third kappa shape index (κ3) is 4.46. The van der Waals surface area contributed by atoms with Gasteiger partial charge < -0.3 is 5.32 Å². The third-order valence-corrected chi connectivity index (χ3v) is 6.29. The maximum Gasteiger partial charge on any atom is 0.263 e. The van der Waals surface area contributed by atoms with E-state index in [1.165, 1.54) is 16.9 Å². The lowest BCUT2D eigenvalue weighted by atomic mass is 10.0. The normalized spacial score (nSPS) is 15.5. The molecule has 0 atom stereocenters. The monoisotopic (exact) mass is 392 g/mol. The van der Waals surface area contributed by atoms with E-state index in [0.717, 1.165) is 48.7 Å². The Morgan fingerprint density at radius 2 is 1.96 bits per heavy atom. The van der Waals surface area contributed by atoms with E-state index in [1.54, 1.807) is 12.4 Å². The summed E-state index contributed by atoms with van der Waals surface area (Å²) in [7, 11) is 0. The van der Waals surface area contributed by atoms with Gasteiger partial charge in [0.15, 0.2) is 0 Å². The Kier molecular flexibility index (Phi) is 5.78. The van der Waals surface area contributed by atoms with Gasteiger partial charge in [0.2, 0.25) is 0 Å². The Hall–Kier alpha value is -2.57. The van der Waals surface area contributed by atoms with Crippen molar-refractivity contribution >= 4 is 17.2 Å². The van der Waals surface area contributed by atoms with Crippen molar-refractivity contribution in [2.45, 2.75) is 32.4 Å². The van der Waals surface area contributed by atoms with E-state index in [4.69, 9.17) is 0 Å². The van der Waals surface area contributed by atoms with Gasteiger partial charge in [-0.05, 0) is 37.5 Å². The number of likely N-dealkylation sites (tertiary alicyclic amines) is 1. The van der Waals surface area contributed by atoms with Crippen molar-refractivity contribution in [1.82, 2.24) is 20.2 Å². The van der Waals surface area contributed by atoms with E-state index in [0.29, 0.717) is 4.88 Å². The van der Waals surface area contributed by atoms with Crippen molar-refractivity contribution in [3.63, 3.8) is 0 Å². The molecule has 5 nitrogen and oxygen atoms in total. The van der Waals surface area contributed by atoms with Crippen molar-refractivity contribution in [1.29, 1.82) is 0 Å². The Balaban J connectivity index is 1.33. The molecule has 1 aliphatic heterocycles. The fourth-order valence-electron chi connectivity index (χ4n) is 3.55. The largest absolute Gasteiger partial charge is 0.348 e. The molecule has 3 heterocycles. The zero-order valence-electron chi connectivity index (χ0n) is 16.0. The van der Waals surface area contributed by atoms with E-state index in [-0.39, 0.29) is 11.9 Å². The fourth-order valence-corrected chi connectivity index (χ4v) is 4.51. The van der Waals surface area contributed by atoms with Crippen LogP contribution in [-0.4, -0.2) is 39.9 Å². The van der Waals surface area contributed by atoms with Gasteiger partial charge in [-0.25, -0.2) is 4.98 Å². The van der Waals surface area contributed by atoms with Gasteiger partial charge >= 0.3 is 0 Å². The van der Waals surface area contributed by atoms with Crippen molar-refractivity contribution in [3.8, 4) is 10.6 Å². The van der Waals surface area contributed by atoms with Crippen molar-refractivity contribution < 1.29 is 4.79 Å². The van der Waals surface area contributed by atoms with Crippen LogP contribution in [0.2, 0.25) is 0 Å². The number of carbonyl (C=O) groups excluding carboxylic acids is 1. The quantitative estimate of drug-likeness (QED) is 0.715. The molecule has 6 heteroatoms. The van der Waals surface area contributed by atoms with Gasteiger partial charge in [0, 0.05) is 43.6 Å². The molecular formula is C22H24N4OS. The Morgan fingerprint density at radius 3 is 2.68 bits per heavy atom. The molecule has 0 radical (unpaired) electrons. The maximum absolute atomic E-state index is 12.8. The summed E-state index contributed by atoms with van der Waals surface area (Å²) < 4.78 is 0. The molecule has 4 rings (SSSR count). The second-order valence-electron chi connectivity index (χ2n) is 7.18. The van der Waals surface area contributed by atoms with E-state index >= 15 is 0 Å². The summed E-state index contributed by atoms with van der Waals surface area (Å²) in [4.78, 5) is 24.6. The SMILES string of the molecule is Cc1nc(-c2cccnc2)sc1C(=O)NC1CCN(Cc2ccccc2)CC1. The fraction of sp³-hybridized carbons (Fsp3) is 0.318. The molecule has 0 saturated carbocycles. The maximum atomic E-state index is 12.8. The van der Waals surface area contributed by atoms with Crippen LogP contribution in [0.25, 0.3) is 10.6 Å². The number of hydrogen-bond donors (Lipinski definition) is 1. The number of pyridine rings is 1. The Labute approximate surface area is 169 Å². The second kappa shape index (κ2) is 8.63. The molecule has 0 unspecified atom stereocenters. The van der Waals surface area contributed by atoms with Gasteiger partial charge in [-0.2, -0.15) is 0 Å². The number of benzene rings is 1. The van der Waals surface area contributed by atoms with Gasteiger partial charge in [0.1, 0.15) is 9.88 Å². The van der Waals surface area contributed by atoms with Gasteiger partial charge in [-0.1, -0.05) is 30.3 Å². The highest BCUT2D eigenvalue weighted by Gasteiger charge is 2.23. The first-order chi connectivity index (χ1) is 13.7. The standard InChI is InChI=1S/C22H24N4OS/c1-16-20(28-22(24-16)18-8-5-11-23-14-18)21(27)25-19-9-12-26(13-10-19)15-17-6-3-2-4-7-17/h2-8,11,14,19H,9-10,12-13,15H2,1H3,(H,25,27). The van der Waals surface area contributed by atoms with Crippen LogP contribution in [0.15, 0.2) is 54.9 Å². The average molecular weight is 393 g/mol. The van der Waals surface area contributed by atoms with Crippen LogP contribution < -0.4 is 5.32 Å². The van der Waals surface area contributed by atoms with Gasteiger partial charge in [-0.15, -0.1) is 11.3 Å². The number of hydrogen-bond acceptors (Lipinski definition) is 5. The van der Waals surface area contributed by atoms with Gasteiger partial charge in [0.05, 0.1) is 5.69 Å². The topological polar surface area (TPSA) is 58.1 Å². The van der Waals surface area contributed by atoms with E-state index in [9.17, 15) is 4.79 Å². The van der Waals surface area contributed by atoms with Crippen molar-refractivity contribution in [2.75, 3.05) is 13.1 Å². The predicted octanol–water partition coefficient (Wildman–Crippen LogP) is 3.91. The minimum absolute atomic E-state index is 0.00773. The first-order valence-corrected chi connectivity index (χ1v) is 10.5. The summed E-state index contributed by atoms with van der Waals surface area (Å²) in [6.07, 6.45) is 5.47. The van der Waals surface area contributed by atoms with Crippen LogP contribution in [0.1, 0.15) is 33.8 Å². The van der Waals surface area contributed by atoms with E-state index in [1.807, 2.05) is 25.1 Å². The molecule has 3 aromatic rings. The highest BCUT2D eigenvalue weighted by Crippen LogP contribution is 2.27. The van der Waals surface area contributed by atoms with E-state index < -0.39 is 0 Å². The smallest absolute Gasteiger partial charge is 0.263 e. The Bertz CT molecular complexity index is 918. The highest BCUT2D eigenvalue weighted by atomic mass is 32.1. The highest BCUT2D eigenvalue weighted by molar-refractivity contribution is 7.17. The van der Waals surface area contributed by atoms with Crippen LogP contribution in [0.3, 0.4) is 0 Å². The van der Waals surface area contributed by atoms with E-state index in [2.05, 4.69) is 44.5 Å². The number of piperidine rings is 1. The molecule has 1 N–H and O–H groups in total. The lowest BCUT2D eigenvalue weighted by molar-refractivity contribution is 0.0912. The molecule has 0 bridgehead atoms. The molecule has 1 fully saturated rings. The molecule has 1 amide bonds. The molecule has 1 aromatic carbocycles. The zero-order valence-corrected chi connectivity index (χ0v) is 16.8. The summed E-state index contributed by atoms with van der Waals surface area (Å²) in [5.74, 6) is -0.00773. The van der Waals surface area contributed by atoms with Crippen LogP contribution in [-0.2, 0) is 6.54 Å². The molecular weight excluding hydrogens is 368 g/mol. The second-order valence-corrected chi connectivity index (χ2v) is 8.18. The first-order valence-electron chi connectivity index (χ1n) is 9.64. The van der Waals surface area contributed by atoms with Crippen LogP contribution >= 0.6 is 11.3 Å². The number of aromatic nitrogens is 2. The lowest BCUT2D eigenvalue weighted by Crippen LogP contribution is -2.44. The predicted molar refractivity (Wildman–Crippen MR) is 112 cm³/mol. The van der Waals surface area contributed by atoms with Gasteiger partial charge in [-0.3, -0.25) is 14.7 Å². The average Bonchev–Trinajstić information content (AvgIpc) is 3.13. The molecule has 144 valence electrons. The molecule has 1 aliphatic rings.